The number of sulfonamides is 1. The summed E-state index contributed by atoms with van der Waals surface area (Å²) in [4.78, 5) is 13.0. The molecule has 0 unspecified atom stereocenters. The van der Waals surface area contributed by atoms with E-state index < -0.39 is 10.0 Å². The monoisotopic (exact) mass is 386 g/mol. The summed E-state index contributed by atoms with van der Waals surface area (Å²) < 4.78 is 27.4. The third-order valence-corrected chi connectivity index (χ3v) is 7.09. The predicted octanol–water partition coefficient (Wildman–Crippen LogP) is 3.66. The first-order chi connectivity index (χ1) is 12.9. The molecule has 1 fully saturated rings. The minimum atomic E-state index is -3.56. The molecule has 1 N–H and O–H groups in total. The van der Waals surface area contributed by atoms with Crippen LogP contribution in [0.2, 0.25) is 0 Å². The Kier molecular flexibility index (Phi) is 5.97. The van der Waals surface area contributed by atoms with E-state index in [0.717, 1.165) is 24.8 Å². The van der Waals surface area contributed by atoms with Crippen LogP contribution in [0, 0.1) is 6.92 Å². The van der Waals surface area contributed by atoms with Crippen LogP contribution in [0.25, 0.3) is 0 Å². The molecule has 0 bridgehead atoms. The molecule has 2 aromatic carbocycles. The van der Waals surface area contributed by atoms with Gasteiger partial charge in [0.15, 0.2) is 0 Å². The van der Waals surface area contributed by atoms with E-state index in [0.29, 0.717) is 24.2 Å². The molecule has 0 spiro atoms. The number of hydrogen-bond acceptors (Lipinski definition) is 3. The molecule has 0 aromatic heterocycles. The van der Waals surface area contributed by atoms with Gasteiger partial charge in [0.2, 0.25) is 10.0 Å². The fourth-order valence-corrected chi connectivity index (χ4v) is 5.20. The summed E-state index contributed by atoms with van der Waals surface area (Å²) in [5, 5.41) is 3.02. The average molecular weight is 387 g/mol. The van der Waals surface area contributed by atoms with Gasteiger partial charge >= 0.3 is 0 Å². The van der Waals surface area contributed by atoms with Crippen molar-refractivity contribution in [2.45, 2.75) is 44.0 Å². The number of rotatable bonds is 6. The second-order valence-corrected chi connectivity index (χ2v) is 8.84. The zero-order valence-corrected chi connectivity index (χ0v) is 16.6. The van der Waals surface area contributed by atoms with E-state index in [1.165, 1.54) is 10.4 Å². The third kappa shape index (κ3) is 4.22. The number of hydrogen-bond donors (Lipinski definition) is 1. The quantitative estimate of drug-likeness (QED) is 0.824. The number of carbonyl (C=O) groups is 1. The second-order valence-electron chi connectivity index (χ2n) is 6.94. The van der Waals surface area contributed by atoms with Gasteiger partial charge in [0, 0.05) is 18.7 Å². The molecule has 27 heavy (non-hydrogen) atoms. The molecule has 1 aliphatic rings. The molecule has 144 valence electrons. The molecule has 6 heteroatoms. The molecular weight excluding hydrogens is 360 g/mol. The van der Waals surface area contributed by atoms with Crippen LogP contribution >= 0.6 is 0 Å². The van der Waals surface area contributed by atoms with Gasteiger partial charge in [0.05, 0.1) is 10.9 Å². The SMILES string of the molecule is CC[C@@H](NC(=O)c1ccc(C)c(S(=O)(=O)N2CCCC2)c1)c1ccccc1. The van der Waals surface area contributed by atoms with E-state index in [9.17, 15) is 13.2 Å². The van der Waals surface area contributed by atoms with Gasteiger partial charge in [-0.15, -0.1) is 0 Å². The van der Waals surface area contributed by atoms with Crippen molar-refractivity contribution in [1.29, 1.82) is 0 Å². The van der Waals surface area contributed by atoms with Gasteiger partial charge in [-0.1, -0.05) is 43.3 Å². The van der Waals surface area contributed by atoms with E-state index in [-0.39, 0.29) is 16.8 Å². The van der Waals surface area contributed by atoms with Crippen LogP contribution in [-0.2, 0) is 10.0 Å². The van der Waals surface area contributed by atoms with Gasteiger partial charge in [-0.25, -0.2) is 8.42 Å². The minimum absolute atomic E-state index is 0.112. The maximum absolute atomic E-state index is 12.9. The van der Waals surface area contributed by atoms with Gasteiger partial charge < -0.3 is 5.32 Å². The van der Waals surface area contributed by atoms with Crippen molar-refractivity contribution in [2.75, 3.05) is 13.1 Å². The Morgan fingerprint density at radius 3 is 2.41 bits per heavy atom. The number of aryl methyl sites for hydroxylation is 1. The average Bonchev–Trinajstić information content (AvgIpc) is 3.22. The van der Waals surface area contributed by atoms with E-state index in [1.807, 2.05) is 37.3 Å². The van der Waals surface area contributed by atoms with Gasteiger partial charge in [-0.05, 0) is 49.4 Å². The van der Waals surface area contributed by atoms with Crippen LogP contribution in [0.5, 0.6) is 0 Å². The molecule has 1 aliphatic heterocycles. The molecule has 0 radical (unpaired) electrons. The second kappa shape index (κ2) is 8.23. The number of amides is 1. The Bertz CT molecular complexity index is 904. The Morgan fingerprint density at radius 1 is 1.11 bits per heavy atom. The maximum Gasteiger partial charge on any atom is 0.251 e. The Labute approximate surface area is 161 Å². The lowest BCUT2D eigenvalue weighted by Gasteiger charge is -2.19. The van der Waals surface area contributed by atoms with Crippen LogP contribution < -0.4 is 5.32 Å². The summed E-state index contributed by atoms with van der Waals surface area (Å²) >= 11 is 0. The molecule has 1 amide bonds. The largest absolute Gasteiger partial charge is 0.345 e. The highest BCUT2D eigenvalue weighted by molar-refractivity contribution is 7.89. The summed E-state index contributed by atoms with van der Waals surface area (Å²) in [5.41, 5.74) is 2.06. The molecule has 2 aromatic rings. The normalized spacial score (nSPS) is 16.2. The van der Waals surface area contributed by atoms with Crippen LogP contribution in [-0.4, -0.2) is 31.7 Å². The van der Waals surface area contributed by atoms with Crippen molar-refractivity contribution in [3.05, 3.63) is 65.2 Å². The third-order valence-electron chi connectivity index (χ3n) is 5.05. The molecule has 0 saturated carbocycles. The number of carbonyl (C=O) groups excluding carboxylic acids is 1. The van der Waals surface area contributed by atoms with Crippen molar-refractivity contribution in [3.8, 4) is 0 Å². The first-order valence-electron chi connectivity index (χ1n) is 9.40. The fraction of sp³-hybridized carbons (Fsp3) is 0.381. The van der Waals surface area contributed by atoms with E-state index in [1.54, 1.807) is 19.1 Å². The van der Waals surface area contributed by atoms with Crippen molar-refractivity contribution in [1.82, 2.24) is 9.62 Å². The molecule has 1 heterocycles. The Hall–Kier alpha value is -2.18. The van der Waals surface area contributed by atoms with Gasteiger partial charge in [0.1, 0.15) is 0 Å². The lowest BCUT2D eigenvalue weighted by Crippen LogP contribution is -2.30. The van der Waals surface area contributed by atoms with Crippen LogP contribution in [0.15, 0.2) is 53.4 Å². The lowest BCUT2D eigenvalue weighted by atomic mass is 10.0. The highest BCUT2D eigenvalue weighted by atomic mass is 32.2. The summed E-state index contributed by atoms with van der Waals surface area (Å²) in [6.45, 7) is 4.87. The summed E-state index contributed by atoms with van der Waals surface area (Å²) in [6.07, 6.45) is 2.52. The zero-order chi connectivity index (χ0) is 19.4. The smallest absolute Gasteiger partial charge is 0.251 e. The van der Waals surface area contributed by atoms with E-state index in [2.05, 4.69) is 5.32 Å². The lowest BCUT2D eigenvalue weighted by molar-refractivity contribution is 0.0935. The van der Waals surface area contributed by atoms with E-state index in [4.69, 9.17) is 0 Å². The molecule has 1 atom stereocenters. The molecule has 5 nitrogen and oxygen atoms in total. The highest BCUT2D eigenvalue weighted by Crippen LogP contribution is 2.25. The number of nitrogens with zero attached hydrogens (tertiary/aromatic N) is 1. The van der Waals surface area contributed by atoms with Gasteiger partial charge in [-0.3, -0.25) is 4.79 Å². The summed E-state index contributed by atoms with van der Waals surface area (Å²) in [7, 11) is -3.56. The maximum atomic E-state index is 12.9. The van der Waals surface area contributed by atoms with Crippen molar-refractivity contribution in [3.63, 3.8) is 0 Å². The molecular formula is C21H26N2O3S. The molecule has 0 aliphatic carbocycles. The number of nitrogens with one attached hydrogen (secondary N) is 1. The van der Waals surface area contributed by atoms with Gasteiger partial charge in [-0.2, -0.15) is 4.31 Å². The molecule has 3 rings (SSSR count). The van der Waals surface area contributed by atoms with Gasteiger partial charge in [0.25, 0.3) is 5.91 Å². The zero-order valence-electron chi connectivity index (χ0n) is 15.8. The van der Waals surface area contributed by atoms with Crippen molar-refractivity contribution >= 4 is 15.9 Å². The predicted molar refractivity (Wildman–Crippen MR) is 106 cm³/mol. The van der Waals surface area contributed by atoms with E-state index >= 15 is 0 Å². The summed E-state index contributed by atoms with van der Waals surface area (Å²) in [6, 6.07) is 14.6. The highest BCUT2D eigenvalue weighted by Gasteiger charge is 2.29. The topological polar surface area (TPSA) is 66.5 Å². The van der Waals surface area contributed by atoms with Crippen LogP contribution in [0.4, 0.5) is 0 Å². The van der Waals surface area contributed by atoms with Crippen molar-refractivity contribution < 1.29 is 13.2 Å². The Balaban J connectivity index is 1.85. The summed E-state index contributed by atoms with van der Waals surface area (Å²) in [5.74, 6) is -0.261. The van der Waals surface area contributed by atoms with Crippen molar-refractivity contribution in [2.24, 2.45) is 0 Å². The minimum Gasteiger partial charge on any atom is -0.345 e. The van der Waals surface area contributed by atoms with Crippen LogP contribution in [0.1, 0.15) is 53.7 Å². The first kappa shape index (κ1) is 19.6. The standard InChI is InChI=1S/C21H26N2O3S/c1-3-19(17-9-5-4-6-10-17)22-21(24)18-12-11-16(2)20(15-18)27(25,26)23-13-7-8-14-23/h4-6,9-12,15,19H,3,7-8,13-14H2,1-2H3,(H,22,24)/t19-/m1/s1. The Morgan fingerprint density at radius 2 is 1.78 bits per heavy atom. The van der Waals surface area contributed by atoms with Crippen LogP contribution in [0.3, 0.4) is 0 Å². The first-order valence-corrected chi connectivity index (χ1v) is 10.8. The molecule has 1 saturated heterocycles. The fourth-order valence-electron chi connectivity index (χ4n) is 3.43. The number of benzene rings is 2.